The molecule has 1 fully saturated rings. The van der Waals surface area contributed by atoms with Gasteiger partial charge in [-0.1, -0.05) is 22.4 Å². The van der Waals surface area contributed by atoms with Crippen molar-refractivity contribution in [3.63, 3.8) is 0 Å². The van der Waals surface area contributed by atoms with Crippen LogP contribution in [-0.2, 0) is 10.0 Å². The Bertz CT molecular complexity index is 486. The number of aryl methyl sites for hydroxylation is 1. The van der Waals surface area contributed by atoms with Gasteiger partial charge in [-0.15, -0.1) is 11.3 Å². The lowest BCUT2D eigenvalue weighted by Gasteiger charge is -2.14. The fourth-order valence-corrected chi connectivity index (χ4v) is 5.00. The molecule has 7 heteroatoms. The molecule has 1 aromatic heterocycles. The Balaban J connectivity index is 1.98. The van der Waals surface area contributed by atoms with E-state index in [-0.39, 0.29) is 0 Å². The molecule has 0 amide bonds. The van der Waals surface area contributed by atoms with Gasteiger partial charge in [0.1, 0.15) is 0 Å². The number of sulfonamides is 1. The van der Waals surface area contributed by atoms with Crippen molar-refractivity contribution in [2.45, 2.75) is 35.2 Å². The zero-order valence-electron chi connectivity index (χ0n) is 9.52. The van der Waals surface area contributed by atoms with E-state index in [0.29, 0.717) is 21.5 Å². The Kier molecular flexibility index (Phi) is 4.22. The van der Waals surface area contributed by atoms with Crippen LogP contribution in [0.25, 0.3) is 0 Å². The van der Waals surface area contributed by atoms with Gasteiger partial charge in [0.05, 0.1) is 11.2 Å². The second-order valence-electron chi connectivity index (χ2n) is 4.26. The van der Waals surface area contributed by atoms with E-state index >= 15 is 0 Å². The molecule has 1 aliphatic rings. The third kappa shape index (κ3) is 3.27. The highest BCUT2D eigenvalue weighted by molar-refractivity contribution is 9.09. The Morgan fingerprint density at radius 3 is 2.88 bits per heavy atom. The Labute approximate surface area is 114 Å². The second kappa shape index (κ2) is 5.34. The molecule has 96 valence electrons. The van der Waals surface area contributed by atoms with Crippen molar-refractivity contribution < 1.29 is 8.42 Å². The molecule has 1 N–H and O–H groups in total. The van der Waals surface area contributed by atoms with Crippen LogP contribution in [0, 0.1) is 12.8 Å². The van der Waals surface area contributed by atoms with Gasteiger partial charge in [0, 0.05) is 11.4 Å². The van der Waals surface area contributed by atoms with Gasteiger partial charge in [0.25, 0.3) is 10.0 Å². The first-order valence-corrected chi connectivity index (χ1v) is 8.77. The van der Waals surface area contributed by atoms with Gasteiger partial charge >= 0.3 is 0 Å². The molecule has 17 heavy (non-hydrogen) atoms. The molecule has 2 unspecified atom stereocenters. The molecular weight excluding hydrogens is 324 g/mol. The van der Waals surface area contributed by atoms with Gasteiger partial charge in [-0.2, -0.15) is 0 Å². The number of thiazole rings is 1. The van der Waals surface area contributed by atoms with Gasteiger partial charge in [-0.05, 0) is 25.7 Å². The first kappa shape index (κ1) is 13.5. The van der Waals surface area contributed by atoms with Crippen LogP contribution in [0.3, 0.4) is 0 Å². The molecule has 0 spiro atoms. The van der Waals surface area contributed by atoms with Gasteiger partial charge in [-0.25, -0.2) is 18.1 Å². The fourth-order valence-electron chi connectivity index (χ4n) is 1.98. The summed E-state index contributed by atoms with van der Waals surface area (Å²) >= 11 is 4.79. The lowest BCUT2D eigenvalue weighted by Crippen LogP contribution is -2.30. The molecule has 2 rings (SSSR count). The number of nitrogens with zero attached hydrogens (tertiary/aromatic N) is 1. The lowest BCUT2D eigenvalue weighted by atomic mass is 10.1. The molecule has 4 nitrogen and oxygen atoms in total. The molecule has 0 bridgehead atoms. The summed E-state index contributed by atoms with van der Waals surface area (Å²) in [6.45, 7) is 2.31. The number of halogens is 1. The van der Waals surface area contributed by atoms with Crippen LogP contribution in [0.2, 0.25) is 0 Å². The summed E-state index contributed by atoms with van der Waals surface area (Å²) < 4.78 is 26.9. The van der Waals surface area contributed by atoms with Crippen LogP contribution in [-0.4, -0.2) is 24.8 Å². The summed E-state index contributed by atoms with van der Waals surface area (Å²) in [6, 6.07) is 0. The molecule has 1 aromatic rings. The molecule has 1 heterocycles. The van der Waals surface area contributed by atoms with Crippen LogP contribution in [0.1, 0.15) is 24.3 Å². The first-order chi connectivity index (χ1) is 7.99. The molecule has 0 aliphatic heterocycles. The minimum Gasteiger partial charge on any atom is -0.249 e. The van der Waals surface area contributed by atoms with Crippen molar-refractivity contribution in [2.75, 3.05) is 6.54 Å². The fraction of sp³-hybridized carbons (Fsp3) is 0.700. The lowest BCUT2D eigenvalue weighted by molar-refractivity contribution is 0.530. The summed E-state index contributed by atoms with van der Waals surface area (Å²) in [6.07, 6.45) is 4.80. The average molecular weight is 339 g/mol. The zero-order valence-corrected chi connectivity index (χ0v) is 12.7. The van der Waals surface area contributed by atoms with Crippen molar-refractivity contribution in [1.29, 1.82) is 0 Å². The molecule has 2 atom stereocenters. The van der Waals surface area contributed by atoms with E-state index < -0.39 is 10.0 Å². The second-order valence-corrected chi connectivity index (χ2v) is 8.66. The van der Waals surface area contributed by atoms with E-state index in [4.69, 9.17) is 0 Å². The van der Waals surface area contributed by atoms with E-state index in [0.717, 1.165) is 17.8 Å². The molecule has 1 saturated carbocycles. The van der Waals surface area contributed by atoms with Gasteiger partial charge in [-0.3, -0.25) is 0 Å². The minimum absolute atomic E-state index is 0.305. The molecule has 0 aromatic carbocycles. The van der Waals surface area contributed by atoms with Gasteiger partial charge < -0.3 is 0 Å². The van der Waals surface area contributed by atoms with Crippen molar-refractivity contribution in [3.8, 4) is 0 Å². The Morgan fingerprint density at radius 2 is 2.35 bits per heavy atom. The van der Waals surface area contributed by atoms with Crippen molar-refractivity contribution in [1.82, 2.24) is 9.71 Å². The molecule has 0 saturated heterocycles. The predicted octanol–water partition coefficient (Wildman–Crippen LogP) is 2.29. The Hall–Kier alpha value is 0.0200. The zero-order chi connectivity index (χ0) is 12.5. The van der Waals surface area contributed by atoms with E-state index in [2.05, 4.69) is 25.6 Å². The van der Waals surface area contributed by atoms with E-state index in [9.17, 15) is 8.42 Å². The van der Waals surface area contributed by atoms with E-state index in [1.165, 1.54) is 24.0 Å². The van der Waals surface area contributed by atoms with E-state index in [1.807, 2.05) is 0 Å². The third-order valence-electron chi connectivity index (χ3n) is 2.97. The standard InChI is InChI=1S/C10H15BrN2O2S2/c1-7-12-6-10(16-7)17(14,15)13-5-8-3-2-4-9(8)11/h6,8-9,13H,2-5H2,1H3. The van der Waals surface area contributed by atoms with Crippen molar-refractivity contribution in [2.24, 2.45) is 5.92 Å². The van der Waals surface area contributed by atoms with Crippen LogP contribution < -0.4 is 4.72 Å². The van der Waals surface area contributed by atoms with Crippen LogP contribution >= 0.6 is 27.3 Å². The quantitative estimate of drug-likeness (QED) is 0.857. The normalized spacial score (nSPS) is 25.3. The maximum absolute atomic E-state index is 12.0. The third-order valence-corrected chi connectivity index (χ3v) is 6.97. The first-order valence-electron chi connectivity index (χ1n) is 5.55. The Morgan fingerprint density at radius 1 is 1.59 bits per heavy atom. The SMILES string of the molecule is Cc1ncc(S(=O)(=O)NCC2CCCC2Br)s1. The number of nitrogens with one attached hydrogen (secondary N) is 1. The van der Waals surface area contributed by atoms with Crippen LogP contribution in [0.15, 0.2) is 10.4 Å². The summed E-state index contributed by atoms with van der Waals surface area (Å²) in [5, 5.41) is 0.768. The summed E-state index contributed by atoms with van der Waals surface area (Å²) in [5.41, 5.74) is 0. The molecule has 0 radical (unpaired) electrons. The van der Waals surface area contributed by atoms with Gasteiger partial charge in [0.2, 0.25) is 0 Å². The highest BCUT2D eigenvalue weighted by Gasteiger charge is 2.27. The monoisotopic (exact) mass is 338 g/mol. The number of rotatable bonds is 4. The van der Waals surface area contributed by atoms with Crippen molar-refractivity contribution in [3.05, 3.63) is 11.2 Å². The van der Waals surface area contributed by atoms with E-state index in [1.54, 1.807) is 6.92 Å². The number of alkyl halides is 1. The largest absolute Gasteiger partial charge is 0.251 e. The summed E-state index contributed by atoms with van der Waals surface area (Å²) in [5.74, 6) is 0.402. The van der Waals surface area contributed by atoms with Crippen molar-refractivity contribution >= 4 is 37.3 Å². The number of hydrogen-bond donors (Lipinski definition) is 1. The summed E-state index contributed by atoms with van der Waals surface area (Å²) in [7, 11) is -3.37. The molecular formula is C10H15BrN2O2S2. The number of hydrogen-bond acceptors (Lipinski definition) is 4. The highest BCUT2D eigenvalue weighted by atomic mass is 79.9. The predicted molar refractivity (Wildman–Crippen MR) is 72.1 cm³/mol. The van der Waals surface area contributed by atoms with Crippen LogP contribution in [0.4, 0.5) is 0 Å². The topological polar surface area (TPSA) is 59.1 Å². The summed E-state index contributed by atoms with van der Waals surface area (Å²) in [4.78, 5) is 4.41. The number of aromatic nitrogens is 1. The maximum atomic E-state index is 12.0. The minimum atomic E-state index is -3.37. The molecule has 1 aliphatic carbocycles. The smallest absolute Gasteiger partial charge is 0.249 e. The van der Waals surface area contributed by atoms with Crippen LogP contribution in [0.5, 0.6) is 0 Å². The highest BCUT2D eigenvalue weighted by Crippen LogP contribution is 2.31. The maximum Gasteiger partial charge on any atom is 0.251 e. The average Bonchev–Trinajstić information content (AvgIpc) is 2.85. The van der Waals surface area contributed by atoms with Gasteiger partial charge in [0.15, 0.2) is 4.21 Å².